The van der Waals surface area contributed by atoms with Gasteiger partial charge < -0.3 is 9.84 Å². The maximum Gasteiger partial charge on any atom is 0.143 e. The molecule has 17 heavy (non-hydrogen) atoms. The summed E-state index contributed by atoms with van der Waals surface area (Å²) in [7, 11) is 1.48. The molecule has 0 spiro atoms. The molecule has 5 heteroatoms. The Hall–Kier alpha value is -2.01. The molecule has 2 heterocycles. The number of ether oxygens (including phenoxy) is 1. The zero-order valence-electron chi connectivity index (χ0n) is 9.17. The van der Waals surface area contributed by atoms with Gasteiger partial charge in [0, 0.05) is 18.0 Å². The van der Waals surface area contributed by atoms with Crippen LogP contribution in [-0.4, -0.2) is 22.2 Å². The Morgan fingerprint density at radius 2 is 2.24 bits per heavy atom. The van der Waals surface area contributed by atoms with Crippen LogP contribution < -0.4 is 4.74 Å². The number of hydrogen-bond acceptors (Lipinski definition) is 4. The highest BCUT2D eigenvalue weighted by Gasteiger charge is 2.17. The average molecular weight is 234 g/mol. The molecule has 0 aromatic carbocycles. The van der Waals surface area contributed by atoms with Crippen molar-refractivity contribution < 1.29 is 14.2 Å². The fourth-order valence-electron chi connectivity index (χ4n) is 1.52. The predicted octanol–water partition coefficient (Wildman–Crippen LogP) is 1.71. The molecule has 0 saturated carbocycles. The Morgan fingerprint density at radius 1 is 1.41 bits per heavy atom. The third-order valence-corrected chi connectivity index (χ3v) is 2.32. The molecule has 1 atom stereocenters. The summed E-state index contributed by atoms with van der Waals surface area (Å²) in [5.74, 6) is -0.0549. The quantitative estimate of drug-likeness (QED) is 0.878. The third-order valence-electron chi connectivity index (χ3n) is 2.32. The highest BCUT2D eigenvalue weighted by atomic mass is 19.1. The maximum absolute atomic E-state index is 13.0. The van der Waals surface area contributed by atoms with Crippen molar-refractivity contribution in [3.05, 3.63) is 53.9 Å². The van der Waals surface area contributed by atoms with E-state index in [0.29, 0.717) is 17.0 Å². The molecule has 2 rings (SSSR count). The number of rotatable bonds is 3. The van der Waals surface area contributed by atoms with E-state index in [4.69, 9.17) is 4.74 Å². The van der Waals surface area contributed by atoms with Crippen LogP contribution in [0.15, 0.2) is 36.8 Å². The van der Waals surface area contributed by atoms with Crippen LogP contribution in [0.1, 0.15) is 17.4 Å². The van der Waals surface area contributed by atoms with Crippen LogP contribution in [0.25, 0.3) is 0 Å². The zero-order valence-corrected chi connectivity index (χ0v) is 9.17. The molecule has 0 saturated heterocycles. The monoisotopic (exact) mass is 234 g/mol. The lowest BCUT2D eigenvalue weighted by molar-refractivity contribution is 0.208. The molecule has 0 aliphatic heterocycles. The predicted molar refractivity (Wildman–Crippen MR) is 59.0 cm³/mol. The third kappa shape index (κ3) is 2.39. The van der Waals surface area contributed by atoms with Crippen molar-refractivity contribution in [3.8, 4) is 5.75 Å². The standard InChI is InChI=1S/C12H11FN2O2/c1-17-10-3-2-4-15-11(10)12(16)8-5-9(13)7-14-6-8/h2-7,12,16H,1H3. The van der Waals surface area contributed by atoms with Crippen molar-refractivity contribution in [1.29, 1.82) is 0 Å². The summed E-state index contributed by atoms with van der Waals surface area (Å²) < 4.78 is 18.1. The summed E-state index contributed by atoms with van der Waals surface area (Å²) in [5, 5.41) is 10.1. The Bertz CT molecular complexity index is 519. The van der Waals surface area contributed by atoms with E-state index < -0.39 is 11.9 Å². The summed E-state index contributed by atoms with van der Waals surface area (Å²) in [6, 6.07) is 4.59. The molecule has 0 radical (unpaired) electrons. The first-order valence-electron chi connectivity index (χ1n) is 5.00. The lowest BCUT2D eigenvalue weighted by atomic mass is 10.1. The van der Waals surface area contributed by atoms with Gasteiger partial charge in [-0.15, -0.1) is 0 Å². The van der Waals surface area contributed by atoms with Gasteiger partial charge in [0.25, 0.3) is 0 Å². The highest BCUT2D eigenvalue weighted by molar-refractivity contribution is 5.34. The number of nitrogens with zero attached hydrogens (tertiary/aromatic N) is 2. The van der Waals surface area contributed by atoms with E-state index in [1.165, 1.54) is 25.6 Å². The number of halogens is 1. The number of aliphatic hydroxyl groups is 1. The van der Waals surface area contributed by atoms with E-state index in [1.54, 1.807) is 12.1 Å². The van der Waals surface area contributed by atoms with Crippen molar-refractivity contribution in [2.45, 2.75) is 6.10 Å². The van der Waals surface area contributed by atoms with Crippen molar-refractivity contribution in [2.24, 2.45) is 0 Å². The van der Waals surface area contributed by atoms with Gasteiger partial charge in [-0.3, -0.25) is 9.97 Å². The largest absolute Gasteiger partial charge is 0.495 e. The van der Waals surface area contributed by atoms with Gasteiger partial charge >= 0.3 is 0 Å². The molecule has 1 unspecified atom stereocenters. The molecular weight excluding hydrogens is 223 g/mol. The minimum atomic E-state index is -1.06. The van der Waals surface area contributed by atoms with Crippen LogP contribution in [-0.2, 0) is 0 Å². The van der Waals surface area contributed by atoms with Crippen molar-refractivity contribution >= 4 is 0 Å². The second-order valence-electron chi connectivity index (χ2n) is 3.43. The minimum absolute atomic E-state index is 0.335. The Labute approximate surface area is 97.7 Å². The van der Waals surface area contributed by atoms with Crippen LogP contribution in [0, 0.1) is 5.82 Å². The van der Waals surface area contributed by atoms with Gasteiger partial charge in [0.2, 0.25) is 0 Å². The second kappa shape index (κ2) is 4.88. The molecule has 0 aliphatic rings. The molecule has 1 N–H and O–H groups in total. The minimum Gasteiger partial charge on any atom is -0.495 e. The van der Waals surface area contributed by atoms with Crippen LogP contribution in [0.3, 0.4) is 0 Å². The summed E-state index contributed by atoms with van der Waals surface area (Å²) in [4.78, 5) is 7.71. The van der Waals surface area contributed by atoms with Crippen molar-refractivity contribution in [2.75, 3.05) is 7.11 Å². The maximum atomic E-state index is 13.0. The summed E-state index contributed by atoms with van der Waals surface area (Å²) in [6.07, 6.45) is 2.94. The fraction of sp³-hybridized carbons (Fsp3) is 0.167. The lowest BCUT2D eigenvalue weighted by Crippen LogP contribution is -2.05. The molecule has 0 amide bonds. The Morgan fingerprint density at radius 3 is 2.94 bits per heavy atom. The van der Waals surface area contributed by atoms with Crippen molar-refractivity contribution in [1.82, 2.24) is 9.97 Å². The van der Waals surface area contributed by atoms with E-state index >= 15 is 0 Å². The summed E-state index contributed by atoms with van der Waals surface area (Å²) >= 11 is 0. The van der Waals surface area contributed by atoms with Gasteiger partial charge in [-0.2, -0.15) is 0 Å². The molecule has 4 nitrogen and oxygen atoms in total. The van der Waals surface area contributed by atoms with E-state index in [-0.39, 0.29) is 0 Å². The Balaban J connectivity index is 2.40. The highest BCUT2D eigenvalue weighted by Crippen LogP contribution is 2.27. The van der Waals surface area contributed by atoms with E-state index in [0.717, 1.165) is 6.20 Å². The molecule has 88 valence electrons. The number of aliphatic hydroxyl groups excluding tert-OH is 1. The Kier molecular flexibility index (Phi) is 3.30. The molecule has 0 fully saturated rings. The first-order chi connectivity index (χ1) is 8.22. The first-order valence-corrected chi connectivity index (χ1v) is 5.00. The van der Waals surface area contributed by atoms with Gasteiger partial charge in [0.1, 0.15) is 23.4 Å². The van der Waals surface area contributed by atoms with Gasteiger partial charge in [-0.05, 0) is 18.2 Å². The summed E-state index contributed by atoms with van der Waals surface area (Å²) in [5.41, 5.74) is 0.671. The fourth-order valence-corrected chi connectivity index (χ4v) is 1.52. The van der Waals surface area contributed by atoms with Gasteiger partial charge in [0.15, 0.2) is 0 Å². The normalized spacial score (nSPS) is 12.2. The topological polar surface area (TPSA) is 55.2 Å². The van der Waals surface area contributed by atoms with Crippen LogP contribution in [0.5, 0.6) is 5.75 Å². The number of aromatic nitrogens is 2. The van der Waals surface area contributed by atoms with Crippen molar-refractivity contribution in [3.63, 3.8) is 0 Å². The van der Waals surface area contributed by atoms with Crippen LogP contribution in [0.2, 0.25) is 0 Å². The molecular formula is C12H11FN2O2. The molecule has 2 aromatic heterocycles. The van der Waals surface area contributed by atoms with E-state index in [1.807, 2.05) is 0 Å². The summed E-state index contributed by atoms with van der Waals surface area (Å²) in [6.45, 7) is 0. The number of methoxy groups -OCH3 is 1. The first kappa shape index (κ1) is 11.5. The van der Waals surface area contributed by atoms with Gasteiger partial charge in [-0.25, -0.2) is 4.39 Å². The van der Waals surface area contributed by atoms with E-state index in [9.17, 15) is 9.50 Å². The van der Waals surface area contributed by atoms with Gasteiger partial charge in [0.05, 0.1) is 13.3 Å². The number of hydrogen-bond donors (Lipinski definition) is 1. The van der Waals surface area contributed by atoms with Crippen LogP contribution >= 0.6 is 0 Å². The van der Waals surface area contributed by atoms with E-state index in [2.05, 4.69) is 9.97 Å². The smallest absolute Gasteiger partial charge is 0.143 e. The molecule has 0 aliphatic carbocycles. The SMILES string of the molecule is COc1cccnc1C(O)c1cncc(F)c1. The molecule has 2 aromatic rings. The molecule has 0 bridgehead atoms. The zero-order chi connectivity index (χ0) is 12.3. The van der Waals surface area contributed by atoms with Crippen LogP contribution in [0.4, 0.5) is 4.39 Å². The lowest BCUT2D eigenvalue weighted by Gasteiger charge is -2.13. The number of pyridine rings is 2. The average Bonchev–Trinajstić information content (AvgIpc) is 2.38. The second-order valence-corrected chi connectivity index (χ2v) is 3.43. The van der Waals surface area contributed by atoms with Gasteiger partial charge in [-0.1, -0.05) is 0 Å².